The van der Waals surface area contributed by atoms with Crippen molar-refractivity contribution in [2.24, 2.45) is 0 Å². The molecule has 16 heavy (non-hydrogen) atoms. The van der Waals surface area contributed by atoms with E-state index < -0.39 is 0 Å². The lowest BCUT2D eigenvalue weighted by molar-refractivity contribution is 0.372. The lowest BCUT2D eigenvalue weighted by atomic mass is 10.1. The first kappa shape index (κ1) is 10.8. The maximum absolute atomic E-state index is 5.09. The third-order valence-corrected chi connectivity index (χ3v) is 2.42. The smallest absolute Gasteiger partial charge is 0.240 e. The second-order valence-electron chi connectivity index (χ2n) is 3.59. The van der Waals surface area contributed by atoms with Gasteiger partial charge in [0.2, 0.25) is 11.7 Å². The van der Waals surface area contributed by atoms with Gasteiger partial charge in [-0.25, -0.2) is 0 Å². The van der Waals surface area contributed by atoms with Crippen LogP contribution in [0.15, 0.2) is 28.8 Å². The monoisotopic (exact) mass is 217 g/mol. The van der Waals surface area contributed by atoms with Crippen LogP contribution in [-0.4, -0.2) is 17.2 Å². The van der Waals surface area contributed by atoms with E-state index in [0.717, 1.165) is 12.0 Å². The van der Waals surface area contributed by atoms with Crippen molar-refractivity contribution in [1.82, 2.24) is 15.5 Å². The maximum Gasteiger partial charge on any atom is 0.240 e. The fourth-order valence-corrected chi connectivity index (χ4v) is 1.48. The molecule has 1 heterocycles. The summed E-state index contributed by atoms with van der Waals surface area (Å²) in [7, 11) is 1.85. The second-order valence-corrected chi connectivity index (χ2v) is 3.59. The summed E-state index contributed by atoms with van der Waals surface area (Å²) < 4.78 is 5.09. The quantitative estimate of drug-likeness (QED) is 0.851. The molecule has 0 amide bonds. The number of hydrogen-bond donors (Lipinski definition) is 1. The van der Waals surface area contributed by atoms with Crippen molar-refractivity contribution in [2.75, 3.05) is 7.05 Å². The molecule has 0 aliphatic carbocycles. The number of benzene rings is 1. The van der Waals surface area contributed by atoms with Crippen LogP contribution in [0.5, 0.6) is 0 Å². The Morgan fingerprint density at radius 1 is 1.25 bits per heavy atom. The van der Waals surface area contributed by atoms with Gasteiger partial charge in [0.25, 0.3) is 0 Å². The molecule has 0 saturated heterocycles. The number of aromatic nitrogens is 2. The van der Waals surface area contributed by atoms with Crippen molar-refractivity contribution >= 4 is 0 Å². The fraction of sp³-hybridized carbons (Fsp3) is 0.333. The molecule has 0 aliphatic rings. The van der Waals surface area contributed by atoms with Gasteiger partial charge in [0.05, 0.1) is 6.54 Å². The van der Waals surface area contributed by atoms with Gasteiger partial charge in [0.1, 0.15) is 0 Å². The van der Waals surface area contributed by atoms with Crippen LogP contribution in [0, 0.1) is 0 Å². The lowest BCUT2D eigenvalue weighted by Crippen LogP contribution is -2.04. The summed E-state index contributed by atoms with van der Waals surface area (Å²) in [5, 5.41) is 6.91. The van der Waals surface area contributed by atoms with E-state index in [-0.39, 0.29) is 0 Å². The number of aryl methyl sites for hydroxylation is 1. The first-order chi connectivity index (χ1) is 7.83. The first-order valence-electron chi connectivity index (χ1n) is 5.40. The molecule has 2 rings (SSSR count). The van der Waals surface area contributed by atoms with Crippen LogP contribution in [0.25, 0.3) is 11.4 Å². The molecule has 84 valence electrons. The average Bonchev–Trinajstić information content (AvgIpc) is 2.78. The Morgan fingerprint density at radius 3 is 2.62 bits per heavy atom. The van der Waals surface area contributed by atoms with Crippen LogP contribution >= 0.6 is 0 Å². The van der Waals surface area contributed by atoms with Gasteiger partial charge in [-0.15, -0.1) is 0 Å². The molecule has 0 atom stereocenters. The van der Waals surface area contributed by atoms with Gasteiger partial charge in [-0.2, -0.15) is 4.98 Å². The largest absolute Gasteiger partial charge is 0.338 e. The number of hydrogen-bond acceptors (Lipinski definition) is 4. The van der Waals surface area contributed by atoms with E-state index in [1.165, 1.54) is 5.56 Å². The highest BCUT2D eigenvalue weighted by Gasteiger charge is 2.07. The summed E-state index contributed by atoms with van der Waals surface area (Å²) in [6, 6.07) is 8.21. The van der Waals surface area contributed by atoms with E-state index >= 15 is 0 Å². The van der Waals surface area contributed by atoms with Gasteiger partial charge in [0, 0.05) is 5.56 Å². The molecular formula is C12H15N3O. The van der Waals surface area contributed by atoms with E-state index in [4.69, 9.17) is 4.52 Å². The topological polar surface area (TPSA) is 51.0 Å². The molecule has 4 nitrogen and oxygen atoms in total. The molecule has 0 bridgehead atoms. The molecule has 0 radical (unpaired) electrons. The van der Waals surface area contributed by atoms with E-state index in [9.17, 15) is 0 Å². The minimum absolute atomic E-state index is 0.597. The van der Waals surface area contributed by atoms with Gasteiger partial charge in [0.15, 0.2) is 0 Å². The molecular weight excluding hydrogens is 202 g/mol. The predicted molar refractivity (Wildman–Crippen MR) is 61.9 cm³/mol. The van der Waals surface area contributed by atoms with Crippen LogP contribution < -0.4 is 5.32 Å². The molecule has 0 aliphatic heterocycles. The average molecular weight is 217 g/mol. The van der Waals surface area contributed by atoms with E-state index in [2.05, 4.69) is 34.5 Å². The fourth-order valence-electron chi connectivity index (χ4n) is 1.48. The third kappa shape index (κ3) is 2.28. The SMILES string of the molecule is CCc1ccc(-c2noc(CNC)n2)cc1. The third-order valence-electron chi connectivity index (χ3n) is 2.42. The normalized spacial score (nSPS) is 10.6. The van der Waals surface area contributed by atoms with Crippen molar-refractivity contribution < 1.29 is 4.52 Å². The molecule has 1 aromatic heterocycles. The highest BCUT2D eigenvalue weighted by molar-refractivity contribution is 5.54. The predicted octanol–water partition coefficient (Wildman–Crippen LogP) is 2.02. The van der Waals surface area contributed by atoms with Gasteiger partial charge in [-0.1, -0.05) is 36.3 Å². The lowest BCUT2D eigenvalue weighted by Gasteiger charge is -1.97. The van der Waals surface area contributed by atoms with Crippen molar-refractivity contribution in [1.29, 1.82) is 0 Å². The van der Waals surface area contributed by atoms with Gasteiger partial charge in [-0.05, 0) is 19.0 Å². The molecule has 0 spiro atoms. The summed E-state index contributed by atoms with van der Waals surface area (Å²) in [4.78, 5) is 4.29. The first-order valence-corrected chi connectivity index (χ1v) is 5.40. The van der Waals surface area contributed by atoms with Crippen LogP contribution in [0.2, 0.25) is 0 Å². The Hall–Kier alpha value is -1.68. The van der Waals surface area contributed by atoms with Gasteiger partial charge >= 0.3 is 0 Å². The van der Waals surface area contributed by atoms with Gasteiger partial charge in [-0.3, -0.25) is 0 Å². The zero-order chi connectivity index (χ0) is 11.4. The number of rotatable bonds is 4. The molecule has 0 saturated carbocycles. The molecule has 2 aromatic rings. The summed E-state index contributed by atoms with van der Waals surface area (Å²) in [5.41, 5.74) is 2.30. The summed E-state index contributed by atoms with van der Waals surface area (Å²) in [6.07, 6.45) is 1.04. The zero-order valence-corrected chi connectivity index (χ0v) is 9.53. The minimum atomic E-state index is 0.597. The number of nitrogens with zero attached hydrogens (tertiary/aromatic N) is 2. The van der Waals surface area contributed by atoms with E-state index in [1.54, 1.807) is 0 Å². The standard InChI is InChI=1S/C12H15N3O/c1-3-9-4-6-10(7-5-9)12-14-11(8-13-2)16-15-12/h4-7,13H,3,8H2,1-2H3. The molecule has 4 heteroatoms. The van der Waals surface area contributed by atoms with Crippen LogP contribution in [0.3, 0.4) is 0 Å². The minimum Gasteiger partial charge on any atom is -0.338 e. The Labute approximate surface area is 94.7 Å². The summed E-state index contributed by atoms with van der Waals surface area (Å²) >= 11 is 0. The van der Waals surface area contributed by atoms with Crippen molar-refractivity contribution in [2.45, 2.75) is 19.9 Å². The van der Waals surface area contributed by atoms with E-state index in [0.29, 0.717) is 18.3 Å². The highest BCUT2D eigenvalue weighted by Crippen LogP contribution is 2.16. The molecule has 1 N–H and O–H groups in total. The van der Waals surface area contributed by atoms with Crippen LogP contribution in [0.1, 0.15) is 18.4 Å². The Balaban J connectivity index is 2.21. The van der Waals surface area contributed by atoms with Crippen LogP contribution in [-0.2, 0) is 13.0 Å². The molecule has 1 aromatic carbocycles. The van der Waals surface area contributed by atoms with Crippen molar-refractivity contribution in [3.05, 3.63) is 35.7 Å². The maximum atomic E-state index is 5.09. The van der Waals surface area contributed by atoms with Crippen LogP contribution in [0.4, 0.5) is 0 Å². The highest BCUT2D eigenvalue weighted by atomic mass is 16.5. The zero-order valence-electron chi connectivity index (χ0n) is 9.53. The molecule has 0 unspecified atom stereocenters. The summed E-state index contributed by atoms with van der Waals surface area (Å²) in [5.74, 6) is 1.25. The van der Waals surface area contributed by atoms with Gasteiger partial charge < -0.3 is 9.84 Å². The Morgan fingerprint density at radius 2 is 2.00 bits per heavy atom. The number of nitrogens with one attached hydrogen (secondary N) is 1. The molecule has 0 fully saturated rings. The van der Waals surface area contributed by atoms with Crippen molar-refractivity contribution in [3.8, 4) is 11.4 Å². The second kappa shape index (κ2) is 4.90. The Bertz CT molecular complexity index is 448. The summed E-state index contributed by atoms with van der Waals surface area (Å²) in [6.45, 7) is 2.73. The Kier molecular flexibility index (Phi) is 3.31. The van der Waals surface area contributed by atoms with E-state index in [1.807, 2.05) is 19.2 Å². The van der Waals surface area contributed by atoms with Crippen molar-refractivity contribution in [3.63, 3.8) is 0 Å².